The highest BCUT2D eigenvalue weighted by Gasteiger charge is 2.43. The lowest BCUT2D eigenvalue weighted by Gasteiger charge is -2.39. The van der Waals surface area contributed by atoms with Crippen LogP contribution >= 0.6 is 0 Å². The van der Waals surface area contributed by atoms with Crippen molar-refractivity contribution in [2.45, 2.75) is 19.3 Å². The summed E-state index contributed by atoms with van der Waals surface area (Å²) in [6, 6.07) is 8.72. The van der Waals surface area contributed by atoms with Crippen LogP contribution in [0.4, 0.5) is 5.69 Å². The molecule has 2 fully saturated rings. The number of carbonyl (C=O) groups excluding carboxylic acids is 3. The Balaban J connectivity index is 1.45. The molecule has 2 aliphatic heterocycles. The Bertz CT molecular complexity index is 1240. The molecule has 196 valence electrons. The summed E-state index contributed by atoms with van der Waals surface area (Å²) >= 11 is 0. The van der Waals surface area contributed by atoms with E-state index in [2.05, 4.69) is 4.74 Å². The monoisotopic (exact) mass is 511 g/mol. The molecule has 2 saturated heterocycles. The normalized spacial score (nSPS) is 16.4. The van der Waals surface area contributed by atoms with E-state index in [-0.39, 0.29) is 34.0 Å². The summed E-state index contributed by atoms with van der Waals surface area (Å²) in [4.78, 5) is 52.6. The third-order valence-electron chi connectivity index (χ3n) is 7.27. The molecule has 0 atom stereocenters. The maximum Gasteiger partial charge on any atom is 0.338 e. The van der Waals surface area contributed by atoms with Gasteiger partial charge in [-0.25, -0.2) is 4.79 Å². The summed E-state index contributed by atoms with van der Waals surface area (Å²) < 4.78 is 15.3. The summed E-state index contributed by atoms with van der Waals surface area (Å²) in [7, 11) is 4.23. The van der Waals surface area contributed by atoms with E-state index >= 15 is 0 Å². The number of rotatable bonds is 6. The molecular formula is C26H29N3O8. The molecule has 0 saturated carbocycles. The minimum absolute atomic E-state index is 0.0475. The van der Waals surface area contributed by atoms with Crippen molar-refractivity contribution in [1.29, 1.82) is 0 Å². The van der Waals surface area contributed by atoms with Crippen LogP contribution in [0.1, 0.15) is 50.3 Å². The van der Waals surface area contributed by atoms with Crippen LogP contribution < -0.4 is 9.47 Å². The van der Waals surface area contributed by atoms with Gasteiger partial charge in [-0.05, 0) is 48.9 Å². The molecule has 2 aliphatic rings. The highest BCUT2D eigenvalue weighted by molar-refractivity contribution is 5.99. The first-order chi connectivity index (χ1) is 17.7. The minimum atomic E-state index is -0.750. The second-order valence-corrected chi connectivity index (χ2v) is 9.35. The number of piperidine rings is 1. The molecule has 4 rings (SSSR count). The van der Waals surface area contributed by atoms with Gasteiger partial charge in [0.25, 0.3) is 17.5 Å². The number of methoxy groups -OCH3 is 3. The van der Waals surface area contributed by atoms with Crippen LogP contribution in [0, 0.1) is 15.5 Å². The Morgan fingerprint density at radius 1 is 0.865 bits per heavy atom. The number of hydrogen-bond acceptors (Lipinski definition) is 8. The molecule has 11 nitrogen and oxygen atoms in total. The zero-order valence-corrected chi connectivity index (χ0v) is 21.0. The molecule has 11 heteroatoms. The third kappa shape index (κ3) is 5.20. The standard InChI is InChI=1S/C26H29N3O8/c1-35-20-4-5-22(36-2)21(15-20)24(31)27-9-6-26(7-10-27)8-11-28(16-26)23(30)17-12-18(25(32)37-3)14-19(13-17)29(33)34/h4-5,12-15H,6-11,16H2,1-3H3. The molecule has 0 aliphatic carbocycles. The third-order valence-corrected chi connectivity index (χ3v) is 7.27. The van der Waals surface area contributed by atoms with Crippen molar-refractivity contribution in [2.24, 2.45) is 5.41 Å². The number of non-ortho nitro benzene ring substituents is 1. The van der Waals surface area contributed by atoms with Crippen LogP contribution in [-0.4, -0.2) is 80.0 Å². The molecule has 2 aromatic carbocycles. The van der Waals surface area contributed by atoms with E-state index in [0.717, 1.165) is 25.3 Å². The van der Waals surface area contributed by atoms with Gasteiger partial charge in [-0.3, -0.25) is 19.7 Å². The van der Waals surface area contributed by atoms with Crippen molar-refractivity contribution >= 4 is 23.5 Å². The van der Waals surface area contributed by atoms with Gasteiger partial charge in [-0.1, -0.05) is 0 Å². The Kier molecular flexibility index (Phi) is 7.33. The van der Waals surface area contributed by atoms with Gasteiger partial charge in [0.15, 0.2) is 0 Å². The average Bonchev–Trinajstić information content (AvgIpc) is 3.34. The van der Waals surface area contributed by atoms with Gasteiger partial charge in [0.1, 0.15) is 11.5 Å². The van der Waals surface area contributed by atoms with E-state index in [4.69, 9.17) is 9.47 Å². The number of nitro groups is 1. The number of benzene rings is 2. The SMILES string of the molecule is COC(=O)c1cc(C(=O)N2CCC3(CCN(C(=O)c4cc(OC)ccc4OC)CC3)C2)cc([N+](=O)[O-])c1. The number of hydrogen-bond donors (Lipinski definition) is 0. The Hall–Kier alpha value is -4.15. The van der Waals surface area contributed by atoms with E-state index in [1.54, 1.807) is 28.0 Å². The van der Waals surface area contributed by atoms with Gasteiger partial charge < -0.3 is 24.0 Å². The highest BCUT2D eigenvalue weighted by atomic mass is 16.6. The fourth-order valence-electron chi connectivity index (χ4n) is 5.11. The fourth-order valence-corrected chi connectivity index (χ4v) is 5.11. The molecule has 0 bridgehead atoms. The second-order valence-electron chi connectivity index (χ2n) is 9.35. The summed E-state index contributed by atoms with van der Waals surface area (Å²) in [5, 5.41) is 11.3. The number of carbonyl (C=O) groups is 3. The molecule has 2 heterocycles. The molecule has 0 aromatic heterocycles. The zero-order valence-electron chi connectivity index (χ0n) is 21.0. The number of nitrogens with zero attached hydrogens (tertiary/aromatic N) is 3. The molecule has 1 spiro atoms. The first-order valence-corrected chi connectivity index (χ1v) is 11.9. The Morgan fingerprint density at radius 3 is 2.11 bits per heavy atom. The molecule has 2 aromatic rings. The van der Waals surface area contributed by atoms with Crippen LogP contribution in [0.25, 0.3) is 0 Å². The Labute approximate surface area is 214 Å². The van der Waals surface area contributed by atoms with Crippen LogP contribution in [0.5, 0.6) is 11.5 Å². The number of nitro benzene ring substituents is 1. The van der Waals surface area contributed by atoms with Crippen molar-refractivity contribution in [3.63, 3.8) is 0 Å². The van der Waals surface area contributed by atoms with Crippen molar-refractivity contribution < 1.29 is 33.5 Å². The number of amides is 2. The number of esters is 1. The molecule has 37 heavy (non-hydrogen) atoms. The minimum Gasteiger partial charge on any atom is -0.497 e. The molecule has 0 radical (unpaired) electrons. The predicted molar refractivity (Wildman–Crippen MR) is 132 cm³/mol. The van der Waals surface area contributed by atoms with Gasteiger partial charge in [-0.2, -0.15) is 0 Å². The summed E-state index contributed by atoms with van der Waals surface area (Å²) in [6.07, 6.45) is 2.20. The lowest BCUT2D eigenvalue weighted by atomic mass is 9.77. The second kappa shape index (κ2) is 10.5. The van der Waals surface area contributed by atoms with Gasteiger partial charge in [0, 0.05) is 43.9 Å². The van der Waals surface area contributed by atoms with Crippen LogP contribution in [0.2, 0.25) is 0 Å². The van der Waals surface area contributed by atoms with Crippen molar-refractivity contribution in [3.05, 3.63) is 63.2 Å². The average molecular weight is 512 g/mol. The van der Waals surface area contributed by atoms with Crippen LogP contribution in [0.3, 0.4) is 0 Å². The van der Waals surface area contributed by atoms with Crippen LogP contribution in [0.15, 0.2) is 36.4 Å². The summed E-state index contributed by atoms with van der Waals surface area (Å²) in [6.45, 7) is 2.04. The first-order valence-electron chi connectivity index (χ1n) is 11.9. The topological polar surface area (TPSA) is 129 Å². The molecular weight excluding hydrogens is 482 g/mol. The van der Waals surface area contributed by atoms with Crippen LogP contribution in [-0.2, 0) is 4.74 Å². The van der Waals surface area contributed by atoms with E-state index in [0.29, 0.717) is 43.2 Å². The van der Waals surface area contributed by atoms with E-state index in [1.165, 1.54) is 33.5 Å². The largest absolute Gasteiger partial charge is 0.497 e. The Morgan fingerprint density at radius 2 is 1.51 bits per heavy atom. The maximum atomic E-state index is 13.3. The summed E-state index contributed by atoms with van der Waals surface area (Å²) in [5.74, 6) is -0.208. The number of ether oxygens (including phenoxy) is 3. The van der Waals surface area contributed by atoms with Gasteiger partial charge in [0.2, 0.25) is 0 Å². The first kappa shape index (κ1) is 25.9. The highest BCUT2D eigenvalue weighted by Crippen LogP contribution is 2.41. The van der Waals surface area contributed by atoms with Gasteiger partial charge in [0.05, 0.1) is 37.4 Å². The summed E-state index contributed by atoms with van der Waals surface area (Å²) in [5.41, 5.74) is -0.0252. The van der Waals surface area contributed by atoms with Gasteiger partial charge >= 0.3 is 5.97 Å². The quantitative estimate of drug-likeness (QED) is 0.329. The molecule has 2 amide bonds. The van der Waals surface area contributed by atoms with E-state index < -0.39 is 10.9 Å². The molecule has 0 N–H and O–H groups in total. The maximum absolute atomic E-state index is 13.3. The lowest BCUT2D eigenvalue weighted by Crippen LogP contribution is -2.44. The van der Waals surface area contributed by atoms with Crippen molar-refractivity contribution in [2.75, 3.05) is 47.5 Å². The fraction of sp³-hybridized carbons (Fsp3) is 0.423. The smallest absolute Gasteiger partial charge is 0.338 e. The lowest BCUT2D eigenvalue weighted by molar-refractivity contribution is -0.384. The van der Waals surface area contributed by atoms with Gasteiger partial charge in [-0.15, -0.1) is 0 Å². The zero-order chi connectivity index (χ0) is 26.7. The van der Waals surface area contributed by atoms with Crippen molar-refractivity contribution in [1.82, 2.24) is 9.80 Å². The molecule has 0 unspecified atom stereocenters. The number of likely N-dealkylation sites (tertiary alicyclic amines) is 2. The van der Waals surface area contributed by atoms with Crippen molar-refractivity contribution in [3.8, 4) is 11.5 Å². The predicted octanol–water partition coefficient (Wildman–Crippen LogP) is 3.17. The van der Waals surface area contributed by atoms with E-state index in [1.807, 2.05) is 0 Å². The van der Waals surface area contributed by atoms with E-state index in [9.17, 15) is 24.5 Å².